The Morgan fingerprint density at radius 2 is 2.14 bits per heavy atom. The lowest BCUT2D eigenvalue weighted by molar-refractivity contribution is 0.0857. The summed E-state index contributed by atoms with van der Waals surface area (Å²) >= 11 is 0. The first-order valence-corrected chi connectivity index (χ1v) is 8.62. The molecule has 0 saturated carbocycles. The summed E-state index contributed by atoms with van der Waals surface area (Å²) in [5.74, 6) is 0.704. The smallest absolute Gasteiger partial charge is 0.0623 e. The van der Waals surface area contributed by atoms with E-state index in [1.54, 1.807) is 0 Å². The van der Waals surface area contributed by atoms with Crippen LogP contribution in [-0.2, 0) is 11.2 Å². The molecule has 1 N–H and O–H groups in total. The van der Waals surface area contributed by atoms with Gasteiger partial charge < -0.3 is 10.1 Å². The number of rotatable bonds is 6. The van der Waals surface area contributed by atoms with E-state index in [0.717, 1.165) is 13.0 Å². The molecule has 0 amide bonds. The van der Waals surface area contributed by atoms with E-state index in [-0.39, 0.29) is 0 Å². The third-order valence-electron chi connectivity index (χ3n) is 5.27. The maximum Gasteiger partial charge on any atom is 0.0623 e. The van der Waals surface area contributed by atoms with Crippen molar-refractivity contribution in [2.24, 2.45) is 5.92 Å². The summed E-state index contributed by atoms with van der Waals surface area (Å²) in [7, 11) is 0. The minimum absolute atomic E-state index is 0.509. The van der Waals surface area contributed by atoms with Gasteiger partial charge in [0.2, 0.25) is 0 Å². The van der Waals surface area contributed by atoms with E-state index in [9.17, 15) is 0 Å². The van der Waals surface area contributed by atoms with Crippen molar-refractivity contribution in [3.8, 4) is 0 Å². The van der Waals surface area contributed by atoms with Crippen LogP contribution in [0.15, 0.2) is 18.2 Å². The maximum absolute atomic E-state index is 6.10. The average Bonchev–Trinajstić information content (AvgIpc) is 3.09. The van der Waals surface area contributed by atoms with Gasteiger partial charge in [-0.1, -0.05) is 30.7 Å². The first kappa shape index (κ1) is 15.1. The first-order chi connectivity index (χ1) is 10.2. The van der Waals surface area contributed by atoms with Crippen LogP contribution in [-0.4, -0.2) is 24.8 Å². The van der Waals surface area contributed by atoms with E-state index < -0.39 is 0 Å². The molecule has 0 aliphatic carbocycles. The van der Waals surface area contributed by atoms with Gasteiger partial charge in [-0.15, -0.1) is 0 Å². The molecule has 1 aromatic rings. The van der Waals surface area contributed by atoms with Crippen molar-refractivity contribution in [2.45, 2.75) is 71.1 Å². The quantitative estimate of drug-likeness (QED) is 0.859. The van der Waals surface area contributed by atoms with Crippen molar-refractivity contribution in [3.63, 3.8) is 0 Å². The molecule has 0 spiro atoms. The SMILES string of the molecule is CCCNC(Cc1cc(C)ccc1C)C1CC2CCC1O2. The number of ether oxygens (including phenoxy) is 1. The Morgan fingerprint density at radius 3 is 2.81 bits per heavy atom. The van der Waals surface area contributed by atoms with Crippen LogP contribution in [0.25, 0.3) is 0 Å². The zero-order valence-electron chi connectivity index (χ0n) is 13.7. The standard InChI is InChI=1S/C19H29NO/c1-4-9-20-18(17-12-16-7-8-19(17)21-16)11-15-10-13(2)5-6-14(15)3/h5-6,10,16-20H,4,7-9,11-12H2,1-3H3. The largest absolute Gasteiger partial charge is 0.375 e. The third-order valence-corrected chi connectivity index (χ3v) is 5.27. The summed E-state index contributed by atoms with van der Waals surface area (Å²) in [5, 5.41) is 3.81. The molecule has 2 heterocycles. The molecule has 2 fully saturated rings. The van der Waals surface area contributed by atoms with E-state index >= 15 is 0 Å². The third kappa shape index (κ3) is 3.32. The molecule has 2 aliphatic rings. The molecular weight excluding hydrogens is 258 g/mol. The lowest BCUT2D eigenvalue weighted by Crippen LogP contribution is -2.42. The molecule has 2 bridgehead atoms. The zero-order chi connectivity index (χ0) is 14.8. The average molecular weight is 287 g/mol. The lowest BCUT2D eigenvalue weighted by atomic mass is 9.81. The van der Waals surface area contributed by atoms with E-state index in [2.05, 4.69) is 44.3 Å². The Labute approximate surface area is 129 Å². The second-order valence-corrected chi connectivity index (χ2v) is 6.97. The van der Waals surface area contributed by atoms with Gasteiger partial charge in [-0.2, -0.15) is 0 Å². The van der Waals surface area contributed by atoms with Crippen LogP contribution in [0.1, 0.15) is 49.3 Å². The Morgan fingerprint density at radius 1 is 1.29 bits per heavy atom. The Hall–Kier alpha value is -0.860. The van der Waals surface area contributed by atoms with E-state index in [1.165, 1.54) is 42.4 Å². The molecular formula is C19H29NO. The minimum Gasteiger partial charge on any atom is -0.375 e. The highest BCUT2D eigenvalue weighted by molar-refractivity contribution is 5.31. The number of fused-ring (bicyclic) bond motifs is 2. The second-order valence-electron chi connectivity index (χ2n) is 6.97. The molecule has 2 heteroatoms. The predicted octanol–water partition coefficient (Wildman–Crippen LogP) is 3.78. The molecule has 0 aromatic heterocycles. The molecule has 2 saturated heterocycles. The number of hydrogen-bond donors (Lipinski definition) is 1. The van der Waals surface area contributed by atoms with Gasteiger partial charge in [-0.05, 0) is 63.6 Å². The summed E-state index contributed by atoms with van der Waals surface area (Å²) in [5.41, 5.74) is 4.30. The van der Waals surface area contributed by atoms with Crippen molar-refractivity contribution in [2.75, 3.05) is 6.54 Å². The van der Waals surface area contributed by atoms with Crippen molar-refractivity contribution < 1.29 is 4.74 Å². The zero-order valence-corrected chi connectivity index (χ0v) is 13.7. The minimum atomic E-state index is 0.509. The summed E-state index contributed by atoms with van der Waals surface area (Å²) in [6.07, 6.45) is 7.21. The van der Waals surface area contributed by atoms with Crippen molar-refractivity contribution in [1.82, 2.24) is 5.32 Å². The Kier molecular flexibility index (Phi) is 4.66. The molecule has 4 atom stereocenters. The Balaban J connectivity index is 1.74. The van der Waals surface area contributed by atoms with Crippen LogP contribution < -0.4 is 5.32 Å². The normalized spacial score (nSPS) is 29.0. The predicted molar refractivity (Wildman–Crippen MR) is 87.7 cm³/mol. The molecule has 1 aromatic carbocycles. The molecule has 2 nitrogen and oxygen atoms in total. The highest BCUT2D eigenvalue weighted by Crippen LogP contribution is 2.41. The second kappa shape index (κ2) is 6.50. The molecule has 3 rings (SSSR count). The van der Waals surface area contributed by atoms with Crippen LogP contribution in [0, 0.1) is 19.8 Å². The number of hydrogen-bond acceptors (Lipinski definition) is 2. The molecule has 4 unspecified atom stereocenters. The molecule has 0 radical (unpaired) electrons. The highest BCUT2D eigenvalue weighted by atomic mass is 16.5. The fourth-order valence-electron chi connectivity index (χ4n) is 4.06. The molecule has 21 heavy (non-hydrogen) atoms. The number of benzene rings is 1. The van der Waals surface area contributed by atoms with E-state index in [4.69, 9.17) is 4.74 Å². The highest BCUT2D eigenvalue weighted by Gasteiger charge is 2.44. The van der Waals surface area contributed by atoms with Crippen LogP contribution in [0.2, 0.25) is 0 Å². The maximum atomic E-state index is 6.10. The van der Waals surface area contributed by atoms with Gasteiger partial charge in [0.15, 0.2) is 0 Å². The van der Waals surface area contributed by atoms with Gasteiger partial charge >= 0.3 is 0 Å². The van der Waals surface area contributed by atoms with Gasteiger partial charge in [0.25, 0.3) is 0 Å². The monoisotopic (exact) mass is 287 g/mol. The van der Waals surface area contributed by atoms with E-state index in [0.29, 0.717) is 24.2 Å². The van der Waals surface area contributed by atoms with Gasteiger partial charge in [-0.3, -0.25) is 0 Å². The van der Waals surface area contributed by atoms with Crippen LogP contribution in [0.3, 0.4) is 0 Å². The lowest BCUT2D eigenvalue weighted by Gasteiger charge is -2.30. The fraction of sp³-hybridized carbons (Fsp3) is 0.684. The number of aryl methyl sites for hydroxylation is 2. The molecule has 116 valence electrons. The fourth-order valence-corrected chi connectivity index (χ4v) is 4.06. The van der Waals surface area contributed by atoms with E-state index in [1.807, 2.05) is 0 Å². The number of nitrogens with one attached hydrogen (secondary N) is 1. The van der Waals surface area contributed by atoms with Crippen LogP contribution in [0.4, 0.5) is 0 Å². The topological polar surface area (TPSA) is 21.3 Å². The van der Waals surface area contributed by atoms with Gasteiger partial charge in [0, 0.05) is 12.0 Å². The summed E-state index contributed by atoms with van der Waals surface area (Å²) < 4.78 is 6.10. The van der Waals surface area contributed by atoms with Crippen molar-refractivity contribution in [1.29, 1.82) is 0 Å². The van der Waals surface area contributed by atoms with Gasteiger partial charge in [-0.25, -0.2) is 0 Å². The van der Waals surface area contributed by atoms with Gasteiger partial charge in [0.1, 0.15) is 0 Å². The first-order valence-electron chi connectivity index (χ1n) is 8.62. The van der Waals surface area contributed by atoms with Crippen molar-refractivity contribution in [3.05, 3.63) is 34.9 Å². The summed E-state index contributed by atoms with van der Waals surface area (Å²) in [4.78, 5) is 0. The van der Waals surface area contributed by atoms with Crippen LogP contribution in [0.5, 0.6) is 0 Å². The summed E-state index contributed by atoms with van der Waals surface area (Å²) in [6, 6.07) is 7.41. The Bertz CT molecular complexity index is 484. The van der Waals surface area contributed by atoms with Crippen LogP contribution >= 0.6 is 0 Å². The van der Waals surface area contributed by atoms with Crippen molar-refractivity contribution >= 4 is 0 Å². The summed E-state index contributed by atoms with van der Waals surface area (Å²) in [6.45, 7) is 7.80. The van der Waals surface area contributed by atoms with Gasteiger partial charge in [0.05, 0.1) is 12.2 Å². The molecule has 2 aliphatic heterocycles.